The number of nitrogens with one attached hydrogen (secondary N) is 1. The highest BCUT2D eigenvalue weighted by molar-refractivity contribution is 6.31. The number of hydrogen-bond donors (Lipinski definition) is 2. The van der Waals surface area contributed by atoms with E-state index < -0.39 is 0 Å². The van der Waals surface area contributed by atoms with Crippen molar-refractivity contribution in [3.63, 3.8) is 0 Å². The van der Waals surface area contributed by atoms with Gasteiger partial charge in [-0.2, -0.15) is 0 Å². The van der Waals surface area contributed by atoms with Crippen LogP contribution in [0.5, 0.6) is 0 Å². The molecule has 0 radical (unpaired) electrons. The molecule has 110 valence electrons. The minimum Gasteiger partial charge on any atom is -0.398 e. The van der Waals surface area contributed by atoms with Crippen molar-refractivity contribution in [3.8, 4) is 0 Å². The Morgan fingerprint density at radius 1 is 1.24 bits per heavy atom. The number of fused-ring (bicyclic) bond motifs is 1. The van der Waals surface area contributed by atoms with Gasteiger partial charge >= 0.3 is 0 Å². The van der Waals surface area contributed by atoms with Crippen LogP contribution >= 0.6 is 11.6 Å². The lowest BCUT2D eigenvalue weighted by molar-refractivity contribution is 0.295. The zero-order valence-electron chi connectivity index (χ0n) is 12.4. The Morgan fingerprint density at radius 3 is 2.71 bits per heavy atom. The van der Waals surface area contributed by atoms with Gasteiger partial charge in [-0.1, -0.05) is 29.8 Å². The molecule has 0 aromatic heterocycles. The first-order valence-electron chi connectivity index (χ1n) is 7.13. The van der Waals surface area contributed by atoms with Crippen molar-refractivity contribution in [1.82, 2.24) is 4.90 Å². The first-order valence-corrected chi connectivity index (χ1v) is 7.51. The lowest BCUT2D eigenvalue weighted by atomic mass is 9.83. The average molecular weight is 302 g/mol. The SMILES string of the molecule is CNc1cc(Cl)c2c(c1)C(c1ccccc1N)CN(C)C2. The Balaban J connectivity index is 2.17. The summed E-state index contributed by atoms with van der Waals surface area (Å²) in [5.41, 5.74) is 11.7. The predicted octanol–water partition coefficient (Wildman–Crippen LogP) is 3.54. The van der Waals surface area contributed by atoms with E-state index in [-0.39, 0.29) is 5.92 Å². The number of likely N-dealkylation sites (N-methyl/N-ethyl adjacent to an activating group) is 1. The number of anilines is 2. The molecule has 3 N–H and O–H groups in total. The van der Waals surface area contributed by atoms with Crippen LogP contribution in [0.2, 0.25) is 5.02 Å². The fourth-order valence-electron chi connectivity index (χ4n) is 3.12. The van der Waals surface area contributed by atoms with E-state index in [9.17, 15) is 0 Å². The maximum absolute atomic E-state index is 6.49. The third kappa shape index (κ3) is 2.59. The molecule has 1 heterocycles. The molecule has 1 atom stereocenters. The number of halogens is 1. The van der Waals surface area contributed by atoms with Crippen LogP contribution in [0.25, 0.3) is 0 Å². The van der Waals surface area contributed by atoms with Gasteiger partial charge in [-0.15, -0.1) is 0 Å². The summed E-state index contributed by atoms with van der Waals surface area (Å²) >= 11 is 6.49. The quantitative estimate of drug-likeness (QED) is 0.834. The van der Waals surface area contributed by atoms with Crippen LogP contribution in [-0.2, 0) is 6.54 Å². The van der Waals surface area contributed by atoms with Crippen LogP contribution in [0, 0.1) is 0 Å². The largest absolute Gasteiger partial charge is 0.398 e. The minimum absolute atomic E-state index is 0.255. The number of nitrogen functional groups attached to an aromatic ring is 1. The average Bonchev–Trinajstić information content (AvgIpc) is 2.47. The topological polar surface area (TPSA) is 41.3 Å². The highest BCUT2D eigenvalue weighted by Gasteiger charge is 2.28. The molecule has 0 saturated heterocycles. The van der Waals surface area contributed by atoms with Gasteiger partial charge in [0.05, 0.1) is 0 Å². The van der Waals surface area contributed by atoms with Crippen molar-refractivity contribution >= 4 is 23.0 Å². The molecule has 1 aliphatic rings. The monoisotopic (exact) mass is 301 g/mol. The molecule has 1 aliphatic heterocycles. The van der Waals surface area contributed by atoms with Gasteiger partial charge in [0.1, 0.15) is 0 Å². The van der Waals surface area contributed by atoms with E-state index in [2.05, 4.69) is 29.4 Å². The Labute approximate surface area is 130 Å². The van der Waals surface area contributed by atoms with E-state index in [1.54, 1.807) is 0 Å². The van der Waals surface area contributed by atoms with Crippen molar-refractivity contribution in [3.05, 3.63) is 58.1 Å². The maximum Gasteiger partial charge on any atom is 0.0474 e. The third-order valence-electron chi connectivity index (χ3n) is 4.19. The number of benzene rings is 2. The van der Waals surface area contributed by atoms with Crippen LogP contribution in [0.1, 0.15) is 22.6 Å². The molecule has 4 heteroatoms. The standard InChI is InChI=1S/C17H20ClN3/c1-20-11-7-13-14(12-5-3-4-6-17(12)19)9-21(2)10-15(13)16(18)8-11/h3-8,14,20H,9-10,19H2,1-2H3. The van der Waals surface area contributed by atoms with Crippen molar-refractivity contribution in [2.45, 2.75) is 12.5 Å². The molecular formula is C17H20ClN3. The highest BCUT2D eigenvalue weighted by Crippen LogP contribution is 2.39. The van der Waals surface area contributed by atoms with E-state index in [0.29, 0.717) is 0 Å². The van der Waals surface area contributed by atoms with Gasteiger partial charge in [-0.25, -0.2) is 0 Å². The van der Waals surface area contributed by atoms with Crippen molar-refractivity contribution in [2.75, 3.05) is 31.7 Å². The van der Waals surface area contributed by atoms with E-state index in [4.69, 9.17) is 17.3 Å². The van der Waals surface area contributed by atoms with Crippen LogP contribution in [0.3, 0.4) is 0 Å². The molecular weight excluding hydrogens is 282 g/mol. The van der Waals surface area contributed by atoms with Gasteiger partial charge in [0.2, 0.25) is 0 Å². The maximum atomic E-state index is 6.49. The van der Waals surface area contributed by atoms with Gasteiger partial charge < -0.3 is 16.0 Å². The van der Waals surface area contributed by atoms with Crippen LogP contribution < -0.4 is 11.1 Å². The highest BCUT2D eigenvalue weighted by atomic mass is 35.5. The van der Waals surface area contributed by atoms with E-state index in [1.807, 2.05) is 31.3 Å². The molecule has 0 aliphatic carbocycles. The predicted molar refractivity (Wildman–Crippen MR) is 90.0 cm³/mol. The van der Waals surface area contributed by atoms with E-state index >= 15 is 0 Å². The van der Waals surface area contributed by atoms with Crippen molar-refractivity contribution in [1.29, 1.82) is 0 Å². The summed E-state index contributed by atoms with van der Waals surface area (Å²) in [4.78, 5) is 2.30. The Bertz CT molecular complexity index is 669. The molecule has 1 unspecified atom stereocenters. The Hall–Kier alpha value is -1.71. The van der Waals surface area contributed by atoms with Crippen molar-refractivity contribution in [2.24, 2.45) is 0 Å². The molecule has 3 nitrogen and oxygen atoms in total. The molecule has 0 fully saturated rings. The van der Waals surface area contributed by atoms with Crippen LogP contribution in [0.4, 0.5) is 11.4 Å². The zero-order chi connectivity index (χ0) is 15.0. The second-order valence-corrected chi connectivity index (χ2v) is 6.06. The van der Waals surface area contributed by atoms with Crippen molar-refractivity contribution < 1.29 is 0 Å². The summed E-state index contributed by atoms with van der Waals surface area (Å²) in [7, 11) is 4.04. The van der Waals surface area contributed by atoms with Crippen LogP contribution in [-0.4, -0.2) is 25.5 Å². The van der Waals surface area contributed by atoms with Gasteiger partial charge in [-0.3, -0.25) is 0 Å². The van der Waals surface area contributed by atoms with Crippen LogP contribution in [0.15, 0.2) is 36.4 Å². The molecule has 2 aromatic carbocycles. The summed E-state index contributed by atoms with van der Waals surface area (Å²) in [6.07, 6.45) is 0. The first kappa shape index (κ1) is 14.2. The summed E-state index contributed by atoms with van der Waals surface area (Å²) in [5.74, 6) is 0.255. The molecule has 0 bridgehead atoms. The third-order valence-corrected chi connectivity index (χ3v) is 4.53. The smallest absolute Gasteiger partial charge is 0.0474 e. The Morgan fingerprint density at radius 2 is 2.00 bits per heavy atom. The molecule has 2 aromatic rings. The molecule has 3 rings (SSSR count). The summed E-state index contributed by atoms with van der Waals surface area (Å²) in [6, 6.07) is 12.3. The minimum atomic E-state index is 0.255. The summed E-state index contributed by atoms with van der Waals surface area (Å²) in [6.45, 7) is 1.83. The lowest BCUT2D eigenvalue weighted by Gasteiger charge is -2.34. The normalized spacial score (nSPS) is 18.3. The summed E-state index contributed by atoms with van der Waals surface area (Å²) < 4.78 is 0. The lowest BCUT2D eigenvalue weighted by Crippen LogP contribution is -2.31. The summed E-state index contributed by atoms with van der Waals surface area (Å²) in [5, 5.41) is 4.01. The fourth-order valence-corrected chi connectivity index (χ4v) is 3.40. The van der Waals surface area contributed by atoms with E-state index in [0.717, 1.165) is 29.5 Å². The second kappa shape index (κ2) is 5.58. The molecule has 0 spiro atoms. The number of nitrogens with two attached hydrogens (primary N) is 1. The van der Waals surface area contributed by atoms with Gasteiger partial charge in [0.15, 0.2) is 0 Å². The van der Waals surface area contributed by atoms with Gasteiger partial charge in [0.25, 0.3) is 0 Å². The number of para-hydroxylation sites is 1. The van der Waals surface area contributed by atoms with Gasteiger partial charge in [0, 0.05) is 42.5 Å². The number of hydrogen-bond acceptors (Lipinski definition) is 3. The number of rotatable bonds is 2. The van der Waals surface area contributed by atoms with Gasteiger partial charge in [-0.05, 0) is 41.9 Å². The number of nitrogens with zero attached hydrogens (tertiary/aromatic N) is 1. The molecule has 0 saturated carbocycles. The molecule has 21 heavy (non-hydrogen) atoms. The molecule has 0 amide bonds. The zero-order valence-corrected chi connectivity index (χ0v) is 13.1. The second-order valence-electron chi connectivity index (χ2n) is 5.65. The van der Waals surface area contributed by atoms with E-state index in [1.165, 1.54) is 16.7 Å². The fraction of sp³-hybridized carbons (Fsp3) is 0.294. The Kier molecular flexibility index (Phi) is 3.79. The first-order chi connectivity index (χ1) is 10.1.